The summed E-state index contributed by atoms with van der Waals surface area (Å²) in [5.41, 5.74) is 1.03. The third-order valence-corrected chi connectivity index (χ3v) is 2.27. The van der Waals surface area contributed by atoms with Gasteiger partial charge < -0.3 is 4.74 Å². The number of carbonyl (C=O) groups is 1. The Hall–Kier alpha value is -2.55. The summed E-state index contributed by atoms with van der Waals surface area (Å²) in [5, 5.41) is 11.5. The number of carbonyl (C=O) groups excluding carboxylic acids is 1. The SMILES string of the molecule is CC(C)(C)OC(=O)Nc1ccc2ncc(C#N)n2c1. The molecule has 2 heterocycles. The van der Waals surface area contributed by atoms with Gasteiger partial charge in [0.2, 0.25) is 0 Å². The second kappa shape index (κ2) is 4.61. The lowest BCUT2D eigenvalue weighted by atomic mass is 10.2. The molecule has 0 aromatic carbocycles. The van der Waals surface area contributed by atoms with Crippen LogP contribution in [0.25, 0.3) is 5.65 Å². The van der Waals surface area contributed by atoms with Gasteiger partial charge in [0.15, 0.2) is 0 Å². The van der Waals surface area contributed by atoms with Crippen LogP contribution < -0.4 is 5.32 Å². The zero-order valence-electron chi connectivity index (χ0n) is 11.0. The van der Waals surface area contributed by atoms with Crippen LogP contribution in [-0.2, 0) is 4.74 Å². The van der Waals surface area contributed by atoms with E-state index in [1.165, 1.54) is 6.20 Å². The van der Waals surface area contributed by atoms with Crippen LogP contribution in [0.3, 0.4) is 0 Å². The zero-order chi connectivity index (χ0) is 14.0. The van der Waals surface area contributed by atoms with E-state index in [1.807, 2.05) is 6.07 Å². The van der Waals surface area contributed by atoms with Crippen LogP contribution in [-0.4, -0.2) is 21.1 Å². The number of nitriles is 1. The Balaban J connectivity index is 2.22. The van der Waals surface area contributed by atoms with Crippen molar-refractivity contribution in [2.24, 2.45) is 0 Å². The number of nitrogens with zero attached hydrogens (tertiary/aromatic N) is 3. The fourth-order valence-electron chi connectivity index (χ4n) is 1.56. The highest BCUT2D eigenvalue weighted by atomic mass is 16.6. The molecular weight excluding hydrogens is 244 g/mol. The molecule has 0 fully saturated rings. The van der Waals surface area contributed by atoms with Gasteiger partial charge in [-0.2, -0.15) is 5.26 Å². The lowest BCUT2D eigenvalue weighted by molar-refractivity contribution is 0.0636. The van der Waals surface area contributed by atoms with Crippen molar-refractivity contribution in [3.63, 3.8) is 0 Å². The lowest BCUT2D eigenvalue weighted by Gasteiger charge is -2.19. The third kappa shape index (κ3) is 3.01. The van der Waals surface area contributed by atoms with Crippen LogP contribution in [0.2, 0.25) is 0 Å². The van der Waals surface area contributed by atoms with Gasteiger partial charge in [-0.25, -0.2) is 9.78 Å². The van der Waals surface area contributed by atoms with Crippen molar-refractivity contribution in [3.05, 3.63) is 30.2 Å². The van der Waals surface area contributed by atoms with Gasteiger partial charge in [-0.1, -0.05) is 0 Å². The number of anilines is 1. The summed E-state index contributed by atoms with van der Waals surface area (Å²) in [4.78, 5) is 15.7. The summed E-state index contributed by atoms with van der Waals surface area (Å²) < 4.78 is 6.76. The summed E-state index contributed by atoms with van der Waals surface area (Å²) >= 11 is 0. The Morgan fingerprint density at radius 2 is 2.21 bits per heavy atom. The Morgan fingerprint density at radius 3 is 2.84 bits per heavy atom. The molecule has 19 heavy (non-hydrogen) atoms. The lowest BCUT2D eigenvalue weighted by Crippen LogP contribution is -2.27. The van der Waals surface area contributed by atoms with E-state index < -0.39 is 11.7 Å². The molecule has 2 aromatic rings. The maximum absolute atomic E-state index is 11.6. The molecule has 6 nitrogen and oxygen atoms in total. The summed E-state index contributed by atoms with van der Waals surface area (Å²) in [6, 6.07) is 5.44. The van der Waals surface area contributed by atoms with Crippen LogP contribution in [0.1, 0.15) is 26.5 Å². The van der Waals surface area contributed by atoms with Gasteiger partial charge in [-0.3, -0.25) is 9.72 Å². The molecule has 0 aliphatic rings. The molecule has 0 bridgehead atoms. The van der Waals surface area contributed by atoms with Gasteiger partial charge in [-0.05, 0) is 32.9 Å². The zero-order valence-corrected chi connectivity index (χ0v) is 11.0. The minimum Gasteiger partial charge on any atom is -0.444 e. The van der Waals surface area contributed by atoms with E-state index in [1.54, 1.807) is 43.5 Å². The van der Waals surface area contributed by atoms with Crippen molar-refractivity contribution in [2.45, 2.75) is 26.4 Å². The van der Waals surface area contributed by atoms with Gasteiger partial charge in [0.1, 0.15) is 23.0 Å². The normalized spacial score (nSPS) is 11.1. The average molecular weight is 258 g/mol. The minimum atomic E-state index is -0.555. The number of pyridine rings is 1. The van der Waals surface area contributed by atoms with Crippen LogP contribution in [0, 0.1) is 11.3 Å². The molecule has 1 N–H and O–H groups in total. The van der Waals surface area contributed by atoms with Crippen LogP contribution >= 0.6 is 0 Å². The summed E-state index contributed by atoms with van der Waals surface area (Å²) in [7, 11) is 0. The van der Waals surface area contributed by atoms with E-state index in [0.717, 1.165) is 0 Å². The smallest absolute Gasteiger partial charge is 0.412 e. The topological polar surface area (TPSA) is 79.4 Å². The Bertz CT molecular complexity index is 661. The number of amides is 1. The van der Waals surface area contributed by atoms with Crippen molar-refractivity contribution in [3.8, 4) is 6.07 Å². The molecular formula is C13H14N4O2. The van der Waals surface area contributed by atoms with E-state index >= 15 is 0 Å². The number of hydrogen-bond donors (Lipinski definition) is 1. The van der Waals surface area contributed by atoms with Crippen LogP contribution in [0.5, 0.6) is 0 Å². The van der Waals surface area contributed by atoms with E-state index in [2.05, 4.69) is 10.3 Å². The summed E-state index contributed by atoms with van der Waals surface area (Å²) in [5.74, 6) is 0. The quantitative estimate of drug-likeness (QED) is 0.852. The van der Waals surface area contributed by atoms with Crippen molar-refractivity contribution in [1.29, 1.82) is 5.26 Å². The van der Waals surface area contributed by atoms with Gasteiger partial charge in [0.05, 0.1) is 11.9 Å². The van der Waals surface area contributed by atoms with Gasteiger partial charge in [0.25, 0.3) is 0 Å². The average Bonchev–Trinajstić information content (AvgIpc) is 2.68. The Morgan fingerprint density at radius 1 is 1.47 bits per heavy atom. The first kappa shape index (κ1) is 12.9. The molecule has 0 radical (unpaired) electrons. The Labute approximate surface area is 110 Å². The highest BCUT2D eigenvalue weighted by Crippen LogP contribution is 2.14. The van der Waals surface area contributed by atoms with Gasteiger partial charge >= 0.3 is 6.09 Å². The fraction of sp³-hybridized carbons (Fsp3) is 0.308. The number of rotatable bonds is 1. The molecule has 0 spiro atoms. The van der Waals surface area contributed by atoms with Crippen molar-refractivity contribution >= 4 is 17.4 Å². The maximum atomic E-state index is 11.6. The van der Waals surface area contributed by atoms with Crippen molar-refractivity contribution in [2.75, 3.05) is 5.32 Å². The van der Waals surface area contributed by atoms with Crippen molar-refractivity contribution < 1.29 is 9.53 Å². The number of nitrogens with one attached hydrogen (secondary N) is 1. The number of ether oxygens (including phenoxy) is 1. The first-order valence-corrected chi connectivity index (χ1v) is 5.76. The molecule has 0 atom stereocenters. The molecule has 0 aliphatic heterocycles. The predicted molar refractivity (Wildman–Crippen MR) is 69.8 cm³/mol. The number of fused-ring (bicyclic) bond motifs is 1. The number of imidazole rings is 1. The number of aromatic nitrogens is 2. The van der Waals surface area contributed by atoms with E-state index in [-0.39, 0.29) is 0 Å². The first-order valence-electron chi connectivity index (χ1n) is 5.76. The van der Waals surface area contributed by atoms with E-state index in [4.69, 9.17) is 10.00 Å². The molecule has 2 rings (SSSR count). The van der Waals surface area contributed by atoms with Gasteiger partial charge in [0, 0.05) is 6.20 Å². The molecule has 0 unspecified atom stereocenters. The predicted octanol–water partition coefficient (Wildman–Crippen LogP) is 2.55. The molecule has 98 valence electrons. The standard InChI is InChI=1S/C13H14N4O2/c1-13(2,3)19-12(18)16-9-4-5-11-15-7-10(6-14)17(11)8-9/h4-5,7-8H,1-3H3,(H,16,18). The highest BCUT2D eigenvalue weighted by Gasteiger charge is 2.16. The highest BCUT2D eigenvalue weighted by molar-refractivity contribution is 5.84. The summed E-state index contributed by atoms with van der Waals surface area (Å²) in [6.07, 6.45) is 2.57. The van der Waals surface area contributed by atoms with E-state index in [0.29, 0.717) is 17.0 Å². The molecule has 0 saturated heterocycles. The van der Waals surface area contributed by atoms with Crippen molar-refractivity contribution in [1.82, 2.24) is 9.38 Å². The Kier molecular flexibility index (Phi) is 3.13. The fourth-order valence-corrected chi connectivity index (χ4v) is 1.56. The molecule has 2 aromatic heterocycles. The van der Waals surface area contributed by atoms with Crippen LogP contribution in [0.4, 0.5) is 10.5 Å². The minimum absolute atomic E-state index is 0.405. The molecule has 0 saturated carbocycles. The third-order valence-electron chi connectivity index (χ3n) is 2.27. The second-order valence-corrected chi connectivity index (χ2v) is 5.03. The van der Waals surface area contributed by atoms with Gasteiger partial charge in [-0.15, -0.1) is 0 Å². The monoisotopic (exact) mass is 258 g/mol. The first-order chi connectivity index (χ1) is 8.89. The largest absolute Gasteiger partial charge is 0.444 e. The second-order valence-electron chi connectivity index (χ2n) is 5.03. The van der Waals surface area contributed by atoms with Crippen LogP contribution in [0.15, 0.2) is 24.5 Å². The summed E-state index contributed by atoms with van der Waals surface area (Å²) in [6.45, 7) is 5.37. The molecule has 0 aliphatic carbocycles. The molecule has 6 heteroatoms. The number of hydrogen-bond acceptors (Lipinski definition) is 4. The molecule has 1 amide bonds. The van der Waals surface area contributed by atoms with E-state index in [9.17, 15) is 4.79 Å². The maximum Gasteiger partial charge on any atom is 0.412 e.